The summed E-state index contributed by atoms with van der Waals surface area (Å²) in [6.07, 6.45) is 4.19. The molecule has 0 saturated carbocycles. The van der Waals surface area contributed by atoms with E-state index in [0.29, 0.717) is 35.5 Å². The second kappa shape index (κ2) is 10.3. The minimum Gasteiger partial charge on any atom is -0.497 e. The molecule has 0 saturated heterocycles. The minimum atomic E-state index is -0.223. The van der Waals surface area contributed by atoms with Crippen LogP contribution in [-0.2, 0) is 4.79 Å². The van der Waals surface area contributed by atoms with Crippen LogP contribution in [0, 0.1) is 5.92 Å². The molecule has 0 fully saturated rings. The number of amides is 1. The Morgan fingerprint density at radius 2 is 1.89 bits per heavy atom. The van der Waals surface area contributed by atoms with Gasteiger partial charge < -0.3 is 19.5 Å². The fourth-order valence-corrected chi connectivity index (χ4v) is 2.37. The molecule has 0 heterocycles. The molecule has 144 valence electrons. The molecule has 27 heavy (non-hydrogen) atoms. The molecule has 0 spiro atoms. The molecule has 2 aromatic carbocycles. The first kappa shape index (κ1) is 20.4. The summed E-state index contributed by atoms with van der Waals surface area (Å²) in [5.41, 5.74) is 1.53. The molecule has 0 radical (unpaired) electrons. The first-order valence-electron chi connectivity index (χ1n) is 8.95. The molecule has 5 nitrogen and oxygen atoms in total. The molecular formula is C22H27NO4. The van der Waals surface area contributed by atoms with Crippen LogP contribution in [0.5, 0.6) is 17.2 Å². The van der Waals surface area contributed by atoms with Crippen molar-refractivity contribution in [3.63, 3.8) is 0 Å². The summed E-state index contributed by atoms with van der Waals surface area (Å²) in [7, 11) is 3.19. The Morgan fingerprint density at radius 1 is 1.07 bits per heavy atom. The Morgan fingerprint density at radius 3 is 2.59 bits per heavy atom. The van der Waals surface area contributed by atoms with Crippen LogP contribution in [0.15, 0.2) is 48.5 Å². The summed E-state index contributed by atoms with van der Waals surface area (Å²) >= 11 is 0. The van der Waals surface area contributed by atoms with Gasteiger partial charge in [0.1, 0.15) is 5.75 Å². The maximum absolute atomic E-state index is 12.1. The van der Waals surface area contributed by atoms with E-state index < -0.39 is 0 Å². The van der Waals surface area contributed by atoms with Gasteiger partial charge >= 0.3 is 0 Å². The number of benzene rings is 2. The first-order valence-corrected chi connectivity index (χ1v) is 8.95. The Balaban J connectivity index is 1.99. The van der Waals surface area contributed by atoms with Crippen molar-refractivity contribution in [2.75, 3.05) is 26.1 Å². The van der Waals surface area contributed by atoms with Gasteiger partial charge in [0.15, 0.2) is 11.5 Å². The van der Waals surface area contributed by atoms with Crippen molar-refractivity contribution in [1.82, 2.24) is 0 Å². The van der Waals surface area contributed by atoms with Crippen molar-refractivity contribution in [2.24, 2.45) is 5.92 Å². The third-order valence-electron chi connectivity index (χ3n) is 3.90. The van der Waals surface area contributed by atoms with Crippen molar-refractivity contribution in [1.29, 1.82) is 0 Å². The van der Waals surface area contributed by atoms with Crippen LogP contribution in [0.2, 0.25) is 0 Å². The largest absolute Gasteiger partial charge is 0.497 e. The smallest absolute Gasteiger partial charge is 0.248 e. The van der Waals surface area contributed by atoms with Crippen molar-refractivity contribution >= 4 is 17.7 Å². The highest BCUT2D eigenvalue weighted by Crippen LogP contribution is 2.29. The van der Waals surface area contributed by atoms with Gasteiger partial charge in [-0.3, -0.25) is 4.79 Å². The lowest BCUT2D eigenvalue weighted by Crippen LogP contribution is -2.07. The third-order valence-corrected chi connectivity index (χ3v) is 3.90. The number of hydrogen-bond acceptors (Lipinski definition) is 4. The van der Waals surface area contributed by atoms with Crippen molar-refractivity contribution in [2.45, 2.75) is 20.3 Å². The normalized spacial score (nSPS) is 10.9. The van der Waals surface area contributed by atoms with E-state index in [4.69, 9.17) is 14.2 Å². The van der Waals surface area contributed by atoms with Gasteiger partial charge in [-0.1, -0.05) is 26.0 Å². The van der Waals surface area contributed by atoms with Gasteiger partial charge in [0.05, 0.1) is 20.8 Å². The van der Waals surface area contributed by atoms with Crippen LogP contribution < -0.4 is 19.5 Å². The molecule has 1 N–H and O–H groups in total. The molecule has 2 aromatic rings. The molecule has 0 unspecified atom stereocenters. The summed E-state index contributed by atoms with van der Waals surface area (Å²) in [4.78, 5) is 12.1. The molecule has 1 amide bonds. The second-order valence-electron chi connectivity index (χ2n) is 6.50. The average Bonchev–Trinajstić information content (AvgIpc) is 2.66. The highest BCUT2D eigenvalue weighted by atomic mass is 16.5. The third kappa shape index (κ3) is 6.70. The van der Waals surface area contributed by atoms with Gasteiger partial charge in [0.2, 0.25) is 5.91 Å². The first-order chi connectivity index (χ1) is 13.0. The maximum Gasteiger partial charge on any atom is 0.248 e. The van der Waals surface area contributed by atoms with Gasteiger partial charge in [-0.05, 0) is 48.2 Å². The average molecular weight is 369 g/mol. The van der Waals surface area contributed by atoms with E-state index >= 15 is 0 Å². The number of anilines is 1. The van der Waals surface area contributed by atoms with Crippen molar-refractivity contribution < 1.29 is 19.0 Å². The number of nitrogens with one attached hydrogen (secondary N) is 1. The second-order valence-corrected chi connectivity index (χ2v) is 6.50. The van der Waals surface area contributed by atoms with Gasteiger partial charge in [-0.15, -0.1) is 0 Å². The lowest BCUT2D eigenvalue weighted by molar-refractivity contribution is -0.111. The maximum atomic E-state index is 12.1. The fraction of sp³-hybridized carbons (Fsp3) is 0.318. The standard InChI is InChI=1S/C22H27NO4/c1-16(2)12-13-27-20-10-8-17(14-21(20)26-4)9-11-22(24)23-18-6-5-7-19(15-18)25-3/h5-11,14-16H,12-13H2,1-4H3,(H,23,24). The van der Waals surface area contributed by atoms with Crippen LogP contribution in [0.1, 0.15) is 25.8 Å². The summed E-state index contributed by atoms with van der Waals surface area (Å²) in [6.45, 7) is 4.96. The number of carbonyl (C=O) groups is 1. The van der Waals surface area contributed by atoms with Crippen LogP contribution in [0.3, 0.4) is 0 Å². The van der Waals surface area contributed by atoms with Gasteiger partial charge in [-0.25, -0.2) is 0 Å². The van der Waals surface area contributed by atoms with Crippen LogP contribution in [0.4, 0.5) is 5.69 Å². The van der Waals surface area contributed by atoms with Crippen molar-refractivity contribution in [3.05, 3.63) is 54.1 Å². The molecule has 0 aliphatic rings. The fourth-order valence-electron chi connectivity index (χ4n) is 2.37. The SMILES string of the molecule is COc1cccc(NC(=O)C=Cc2ccc(OCCC(C)C)c(OC)c2)c1. The summed E-state index contributed by atoms with van der Waals surface area (Å²) in [6, 6.07) is 12.8. The quantitative estimate of drug-likeness (QED) is 0.646. The molecule has 0 aliphatic carbocycles. The predicted octanol–water partition coefficient (Wildman–Crippen LogP) is 4.78. The van der Waals surface area contributed by atoms with E-state index in [1.54, 1.807) is 32.4 Å². The molecule has 0 aromatic heterocycles. The molecule has 0 bridgehead atoms. The highest BCUT2D eigenvalue weighted by molar-refractivity contribution is 6.02. The Labute approximate surface area is 161 Å². The molecule has 0 atom stereocenters. The topological polar surface area (TPSA) is 56.8 Å². The zero-order valence-corrected chi connectivity index (χ0v) is 16.3. The number of ether oxygens (including phenoxy) is 3. The van der Waals surface area contributed by atoms with Gasteiger partial charge in [0.25, 0.3) is 0 Å². The number of hydrogen-bond donors (Lipinski definition) is 1. The van der Waals surface area contributed by atoms with Gasteiger partial charge in [0, 0.05) is 17.8 Å². The van der Waals surface area contributed by atoms with E-state index in [2.05, 4.69) is 19.2 Å². The summed E-state index contributed by atoms with van der Waals surface area (Å²) in [5, 5.41) is 2.80. The summed E-state index contributed by atoms with van der Waals surface area (Å²) in [5.74, 6) is 2.40. The molecular weight excluding hydrogens is 342 g/mol. The zero-order valence-electron chi connectivity index (χ0n) is 16.3. The number of methoxy groups -OCH3 is 2. The molecule has 5 heteroatoms. The lowest BCUT2D eigenvalue weighted by atomic mass is 10.1. The Hall–Kier alpha value is -2.95. The van der Waals surface area contributed by atoms with E-state index in [9.17, 15) is 4.79 Å². The predicted molar refractivity (Wildman–Crippen MR) is 109 cm³/mol. The zero-order chi connectivity index (χ0) is 19.6. The Kier molecular flexibility index (Phi) is 7.74. The van der Waals surface area contributed by atoms with E-state index in [1.807, 2.05) is 30.3 Å². The Bertz CT molecular complexity index is 784. The molecule has 2 rings (SSSR count). The van der Waals surface area contributed by atoms with Crippen molar-refractivity contribution in [3.8, 4) is 17.2 Å². The highest BCUT2D eigenvalue weighted by Gasteiger charge is 2.06. The van der Waals surface area contributed by atoms with Gasteiger partial charge in [-0.2, -0.15) is 0 Å². The lowest BCUT2D eigenvalue weighted by Gasteiger charge is -2.12. The number of rotatable bonds is 9. The monoisotopic (exact) mass is 369 g/mol. The number of carbonyl (C=O) groups excluding carboxylic acids is 1. The van der Waals surface area contributed by atoms with Crippen LogP contribution in [0.25, 0.3) is 6.08 Å². The van der Waals surface area contributed by atoms with Crippen LogP contribution >= 0.6 is 0 Å². The summed E-state index contributed by atoms with van der Waals surface area (Å²) < 4.78 is 16.3. The molecule has 0 aliphatic heterocycles. The van der Waals surface area contributed by atoms with E-state index in [1.165, 1.54) is 6.08 Å². The minimum absolute atomic E-state index is 0.223. The van der Waals surface area contributed by atoms with E-state index in [0.717, 1.165) is 12.0 Å². The van der Waals surface area contributed by atoms with Crippen LogP contribution in [-0.4, -0.2) is 26.7 Å². The van der Waals surface area contributed by atoms with E-state index in [-0.39, 0.29) is 5.91 Å².